The fourth-order valence-electron chi connectivity index (χ4n) is 2.39. The van der Waals surface area contributed by atoms with Gasteiger partial charge in [0.05, 0.1) is 6.10 Å². The van der Waals surface area contributed by atoms with Gasteiger partial charge < -0.3 is 9.84 Å². The smallest absolute Gasteiger partial charge is 0.302 e. The number of nitrogens with one attached hydrogen (secondary N) is 1. The fraction of sp³-hybridized carbons (Fsp3) is 0.909. The highest BCUT2D eigenvalue weighted by Gasteiger charge is 2.31. The molecule has 16 heavy (non-hydrogen) atoms. The summed E-state index contributed by atoms with van der Waals surface area (Å²) in [5.74, 6) is -0.205. The summed E-state index contributed by atoms with van der Waals surface area (Å²) in [6, 6.07) is 0.243. The summed E-state index contributed by atoms with van der Waals surface area (Å²) in [5.41, 5.74) is 0. The molecule has 0 bridgehead atoms. The molecule has 1 aliphatic carbocycles. The molecule has 5 nitrogen and oxygen atoms in total. The van der Waals surface area contributed by atoms with Crippen molar-refractivity contribution in [1.82, 2.24) is 10.2 Å². The molecule has 0 unspecified atom stereocenters. The molecule has 0 radical (unpaired) electrons. The first-order valence-corrected chi connectivity index (χ1v) is 5.96. The molecule has 2 fully saturated rings. The molecule has 0 aromatic rings. The highest BCUT2D eigenvalue weighted by molar-refractivity contribution is 5.66. The van der Waals surface area contributed by atoms with Crippen LogP contribution in [0.4, 0.5) is 0 Å². The lowest BCUT2D eigenvalue weighted by atomic mass is 10.2. The first-order valence-electron chi connectivity index (χ1n) is 5.96. The molecule has 2 N–H and O–H groups in total. The zero-order valence-corrected chi connectivity index (χ0v) is 9.69. The molecule has 1 aliphatic heterocycles. The largest absolute Gasteiger partial charge is 0.460 e. The van der Waals surface area contributed by atoms with Crippen molar-refractivity contribution < 1.29 is 14.6 Å². The highest BCUT2D eigenvalue weighted by Crippen LogP contribution is 2.19. The van der Waals surface area contributed by atoms with E-state index in [0.29, 0.717) is 0 Å². The van der Waals surface area contributed by atoms with Crippen molar-refractivity contribution in [3.8, 4) is 0 Å². The molecule has 1 saturated carbocycles. The van der Waals surface area contributed by atoms with E-state index in [4.69, 9.17) is 4.74 Å². The zero-order chi connectivity index (χ0) is 11.5. The van der Waals surface area contributed by atoms with E-state index in [-0.39, 0.29) is 24.2 Å². The number of aliphatic hydroxyl groups excluding tert-OH is 1. The summed E-state index contributed by atoms with van der Waals surface area (Å²) in [6.45, 7) is 3.82. The Kier molecular flexibility index (Phi) is 3.78. The standard InChI is InChI=1S/C11H20N2O3/c1-8(14)16-9-5-13(6-9)7-12-10-3-2-4-11(10)15/h9-12,15H,2-7H2,1H3/t10-,11-/m0/s1. The molecule has 0 aromatic heterocycles. The van der Waals surface area contributed by atoms with Crippen LogP contribution in [0.2, 0.25) is 0 Å². The van der Waals surface area contributed by atoms with Crippen molar-refractivity contribution in [3.63, 3.8) is 0 Å². The quantitative estimate of drug-likeness (QED) is 0.647. The van der Waals surface area contributed by atoms with Gasteiger partial charge in [-0.3, -0.25) is 15.0 Å². The second-order valence-corrected chi connectivity index (χ2v) is 4.73. The summed E-state index contributed by atoms with van der Waals surface area (Å²) in [5, 5.41) is 13.0. The summed E-state index contributed by atoms with van der Waals surface area (Å²) in [4.78, 5) is 12.9. The predicted octanol–water partition coefficient (Wildman–Crippen LogP) is -0.306. The number of rotatable bonds is 4. The van der Waals surface area contributed by atoms with Crippen LogP contribution in [0.15, 0.2) is 0 Å². The van der Waals surface area contributed by atoms with Gasteiger partial charge in [0.1, 0.15) is 6.10 Å². The summed E-state index contributed by atoms with van der Waals surface area (Å²) in [6.07, 6.45) is 2.95. The van der Waals surface area contributed by atoms with Crippen LogP contribution in [0, 0.1) is 0 Å². The monoisotopic (exact) mass is 228 g/mol. The molecule has 0 amide bonds. The molecule has 2 atom stereocenters. The lowest BCUT2D eigenvalue weighted by Gasteiger charge is -2.39. The number of nitrogens with zero attached hydrogens (tertiary/aromatic N) is 1. The molecule has 1 heterocycles. The number of hydrogen-bond acceptors (Lipinski definition) is 5. The molecule has 0 aromatic carbocycles. The van der Waals surface area contributed by atoms with E-state index in [9.17, 15) is 9.90 Å². The van der Waals surface area contributed by atoms with E-state index in [2.05, 4.69) is 10.2 Å². The highest BCUT2D eigenvalue weighted by atomic mass is 16.5. The van der Waals surface area contributed by atoms with E-state index < -0.39 is 0 Å². The van der Waals surface area contributed by atoms with Crippen LogP contribution in [0.3, 0.4) is 0 Å². The lowest BCUT2D eigenvalue weighted by molar-refractivity contribution is -0.155. The Morgan fingerprint density at radius 1 is 1.50 bits per heavy atom. The molecular weight excluding hydrogens is 208 g/mol. The number of aliphatic hydroxyl groups is 1. The van der Waals surface area contributed by atoms with Crippen LogP contribution in [-0.4, -0.2) is 54.0 Å². The van der Waals surface area contributed by atoms with Gasteiger partial charge in [-0.05, 0) is 19.3 Å². The number of esters is 1. The maximum Gasteiger partial charge on any atom is 0.302 e. The summed E-state index contributed by atoms with van der Waals surface area (Å²) >= 11 is 0. The SMILES string of the molecule is CC(=O)OC1CN(CN[C@H]2CCC[C@@H]2O)C1. The van der Waals surface area contributed by atoms with Crippen molar-refractivity contribution in [3.05, 3.63) is 0 Å². The van der Waals surface area contributed by atoms with Gasteiger partial charge in [-0.2, -0.15) is 0 Å². The van der Waals surface area contributed by atoms with Gasteiger partial charge in [0.25, 0.3) is 0 Å². The minimum Gasteiger partial charge on any atom is -0.460 e. The average Bonchev–Trinajstić information content (AvgIpc) is 2.55. The molecule has 2 rings (SSSR count). The van der Waals surface area contributed by atoms with E-state index in [1.807, 2.05) is 0 Å². The number of likely N-dealkylation sites (tertiary alicyclic amines) is 1. The van der Waals surface area contributed by atoms with Gasteiger partial charge in [-0.1, -0.05) is 0 Å². The molecule has 1 saturated heterocycles. The third-order valence-corrected chi connectivity index (χ3v) is 3.31. The van der Waals surface area contributed by atoms with Gasteiger partial charge >= 0.3 is 5.97 Å². The lowest BCUT2D eigenvalue weighted by Crippen LogP contribution is -2.57. The Labute approximate surface area is 95.8 Å². The van der Waals surface area contributed by atoms with Gasteiger partial charge in [0.15, 0.2) is 0 Å². The second kappa shape index (κ2) is 5.12. The topological polar surface area (TPSA) is 61.8 Å². The molecule has 5 heteroatoms. The first kappa shape index (κ1) is 11.8. The number of carbonyl (C=O) groups is 1. The maximum atomic E-state index is 10.7. The van der Waals surface area contributed by atoms with Crippen molar-refractivity contribution in [2.45, 2.75) is 44.4 Å². The van der Waals surface area contributed by atoms with Crippen LogP contribution in [0.5, 0.6) is 0 Å². The van der Waals surface area contributed by atoms with Gasteiger partial charge in [0, 0.05) is 32.7 Å². The van der Waals surface area contributed by atoms with Crippen LogP contribution < -0.4 is 5.32 Å². The average molecular weight is 228 g/mol. The Morgan fingerprint density at radius 2 is 2.25 bits per heavy atom. The summed E-state index contributed by atoms with van der Waals surface area (Å²) < 4.78 is 5.05. The third-order valence-electron chi connectivity index (χ3n) is 3.31. The minimum atomic E-state index is -0.205. The van der Waals surface area contributed by atoms with E-state index in [0.717, 1.165) is 39.0 Å². The maximum absolute atomic E-state index is 10.7. The Bertz CT molecular complexity index is 254. The zero-order valence-electron chi connectivity index (χ0n) is 9.69. The van der Waals surface area contributed by atoms with Crippen molar-refractivity contribution >= 4 is 5.97 Å². The van der Waals surface area contributed by atoms with Crippen LogP contribution in [0.25, 0.3) is 0 Å². The molecular formula is C11H20N2O3. The number of ether oxygens (including phenoxy) is 1. The minimum absolute atomic E-state index is 0.0628. The second-order valence-electron chi connectivity index (χ2n) is 4.73. The van der Waals surface area contributed by atoms with Crippen LogP contribution in [0.1, 0.15) is 26.2 Å². The van der Waals surface area contributed by atoms with Gasteiger partial charge in [-0.25, -0.2) is 0 Å². The van der Waals surface area contributed by atoms with Gasteiger partial charge in [0.2, 0.25) is 0 Å². The molecule has 92 valence electrons. The normalized spacial score (nSPS) is 31.4. The Hall–Kier alpha value is -0.650. The molecule has 0 spiro atoms. The van der Waals surface area contributed by atoms with Crippen molar-refractivity contribution in [1.29, 1.82) is 0 Å². The predicted molar refractivity (Wildman–Crippen MR) is 58.8 cm³/mol. The van der Waals surface area contributed by atoms with Crippen molar-refractivity contribution in [2.24, 2.45) is 0 Å². The first-order chi connectivity index (χ1) is 7.65. The molecule has 2 aliphatic rings. The van der Waals surface area contributed by atoms with Crippen LogP contribution >= 0.6 is 0 Å². The summed E-state index contributed by atoms with van der Waals surface area (Å²) in [7, 11) is 0. The Balaban J connectivity index is 1.57. The van der Waals surface area contributed by atoms with Gasteiger partial charge in [-0.15, -0.1) is 0 Å². The number of hydrogen-bond donors (Lipinski definition) is 2. The van der Waals surface area contributed by atoms with E-state index >= 15 is 0 Å². The van der Waals surface area contributed by atoms with Crippen LogP contribution in [-0.2, 0) is 9.53 Å². The fourth-order valence-corrected chi connectivity index (χ4v) is 2.39. The van der Waals surface area contributed by atoms with E-state index in [1.165, 1.54) is 6.92 Å². The van der Waals surface area contributed by atoms with E-state index in [1.54, 1.807) is 0 Å². The Morgan fingerprint density at radius 3 is 2.81 bits per heavy atom. The van der Waals surface area contributed by atoms with Crippen molar-refractivity contribution in [2.75, 3.05) is 19.8 Å². The third kappa shape index (κ3) is 2.93. The number of carbonyl (C=O) groups excluding carboxylic acids is 1.